The van der Waals surface area contributed by atoms with Crippen LogP contribution in [0.25, 0.3) is 0 Å². The Morgan fingerprint density at radius 2 is 1.64 bits per heavy atom. The summed E-state index contributed by atoms with van der Waals surface area (Å²) in [5, 5.41) is 17.4. The van der Waals surface area contributed by atoms with E-state index in [1.807, 2.05) is 72.8 Å². The van der Waals surface area contributed by atoms with Gasteiger partial charge >= 0.3 is 0 Å². The minimum absolute atomic E-state index is 0.209. The minimum atomic E-state index is -0.782. The number of nitrogens with one attached hydrogen (secondary N) is 2. The van der Waals surface area contributed by atoms with E-state index in [-0.39, 0.29) is 5.91 Å². The molecule has 0 spiro atoms. The quantitative estimate of drug-likeness (QED) is 0.269. The Bertz CT molecular complexity index is 1040. The van der Waals surface area contributed by atoms with Crippen molar-refractivity contribution >= 4 is 17.7 Å². The normalized spacial score (nSPS) is 13.5. The Morgan fingerprint density at radius 1 is 0.944 bits per heavy atom. The Balaban J connectivity index is 1.57. The summed E-state index contributed by atoms with van der Waals surface area (Å²) in [6.45, 7) is 0.911. The molecule has 1 amide bonds. The van der Waals surface area contributed by atoms with E-state index in [9.17, 15) is 9.90 Å². The zero-order valence-corrected chi connectivity index (χ0v) is 21.7. The van der Waals surface area contributed by atoms with Gasteiger partial charge < -0.3 is 25.2 Å². The average molecular weight is 509 g/mol. The van der Waals surface area contributed by atoms with Crippen molar-refractivity contribution in [3.05, 3.63) is 96.1 Å². The monoisotopic (exact) mass is 508 g/mol. The van der Waals surface area contributed by atoms with E-state index in [2.05, 4.69) is 22.8 Å². The van der Waals surface area contributed by atoms with E-state index in [0.29, 0.717) is 25.9 Å². The molecule has 6 nitrogen and oxygen atoms in total. The summed E-state index contributed by atoms with van der Waals surface area (Å²) in [4.78, 5) is 14.3. The molecule has 0 radical (unpaired) electrons. The van der Waals surface area contributed by atoms with Crippen LogP contribution in [0.15, 0.2) is 89.8 Å². The van der Waals surface area contributed by atoms with Gasteiger partial charge in [-0.25, -0.2) is 0 Å². The van der Waals surface area contributed by atoms with E-state index in [1.54, 1.807) is 26.0 Å². The molecule has 0 saturated carbocycles. The molecule has 0 aliphatic carbocycles. The molecule has 1 unspecified atom stereocenters. The van der Waals surface area contributed by atoms with Crippen LogP contribution in [-0.4, -0.2) is 55.8 Å². The molecule has 36 heavy (non-hydrogen) atoms. The highest BCUT2D eigenvalue weighted by Gasteiger charge is 2.26. The summed E-state index contributed by atoms with van der Waals surface area (Å²) in [6, 6.07) is 27.3. The molecule has 0 aliphatic heterocycles. The van der Waals surface area contributed by atoms with Gasteiger partial charge in [0.2, 0.25) is 5.91 Å². The van der Waals surface area contributed by atoms with Gasteiger partial charge in [-0.15, -0.1) is 11.8 Å². The molecule has 0 heterocycles. The van der Waals surface area contributed by atoms with Gasteiger partial charge in [0.05, 0.1) is 19.3 Å². The molecule has 0 bridgehead atoms. The van der Waals surface area contributed by atoms with Crippen molar-refractivity contribution in [2.75, 3.05) is 26.5 Å². The fraction of sp³-hybridized carbons (Fsp3) is 0.345. The second kappa shape index (κ2) is 15.3. The second-order valence-corrected chi connectivity index (χ2v) is 9.70. The third kappa shape index (κ3) is 9.32. The molecular weight excluding hydrogens is 472 g/mol. The molecule has 0 fully saturated rings. The van der Waals surface area contributed by atoms with Gasteiger partial charge in [-0.2, -0.15) is 0 Å². The third-order valence-electron chi connectivity index (χ3n) is 5.88. The lowest BCUT2D eigenvalue weighted by Gasteiger charge is -2.27. The number of carbonyl (C=O) groups is 1. The molecular formula is C29H36N2O4S. The maximum atomic E-state index is 13.1. The number of rotatable bonds is 15. The number of methoxy groups -OCH3 is 2. The lowest BCUT2D eigenvalue weighted by molar-refractivity contribution is -0.132. The number of thioether (sulfide) groups is 1. The smallest absolute Gasteiger partial charge is 0.249 e. The molecule has 3 atom stereocenters. The van der Waals surface area contributed by atoms with Crippen LogP contribution >= 0.6 is 11.8 Å². The fourth-order valence-corrected chi connectivity index (χ4v) is 4.79. The molecule has 0 aromatic heterocycles. The Hall–Kier alpha value is -2.84. The van der Waals surface area contributed by atoms with Crippen LogP contribution in [0.1, 0.15) is 17.5 Å². The van der Waals surface area contributed by atoms with Gasteiger partial charge in [0.15, 0.2) is 0 Å². The summed E-state index contributed by atoms with van der Waals surface area (Å²) in [7, 11) is 3.19. The number of aliphatic hydroxyl groups excluding tert-OH is 1. The highest BCUT2D eigenvalue weighted by Crippen LogP contribution is 2.19. The van der Waals surface area contributed by atoms with Crippen molar-refractivity contribution in [3.63, 3.8) is 0 Å². The summed E-state index contributed by atoms with van der Waals surface area (Å²) in [5.41, 5.74) is 2.10. The Labute approximate surface area is 218 Å². The van der Waals surface area contributed by atoms with Crippen LogP contribution < -0.4 is 15.4 Å². The lowest BCUT2D eigenvalue weighted by Crippen LogP contribution is -2.51. The van der Waals surface area contributed by atoms with Crippen molar-refractivity contribution in [1.82, 2.24) is 10.6 Å². The van der Waals surface area contributed by atoms with Crippen LogP contribution in [-0.2, 0) is 22.5 Å². The summed E-state index contributed by atoms with van der Waals surface area (Å²) >= 11 is 1.69. The first-order valence-electron chi connectivity index (χ1n) is 12.2. The first-order valence-corrected chi connectivity index (χ1v) is 13.1. The van der Waals surface area contributed by atoms with Crippen molar-refractivity contribution < 1.29 is 19.4 Å². The number of carbonyl (C=O) groups excluding carboxylic acids is 1. The van der Waals surface area contributed by atoms with Gasteiger partial charge in [0, 0.05) is 30.8 Å². The van der Waals surface area contributed by atoms with Crippen LogP contribution in [0.4, 0.5) is 0 Å². The van der Waals surface area contributed by atoms with E-state index < -0.39 is 18.2 Å². The summed E-state index contributed by atoms with van der Waals surface area (Å²) in [6.07, 6.45) is -0.277. The van der Waals surface area contributed by atoms with Crippen molar-refractivity contribution in [2.24, 2.45) is 0 Å². The molecule has 3 aromatic carbocycles. The SMILES string of the molecule is COc1cccc(CNC[C@@H](O)[C@H](Cc2ccccc2)NC(=O)C(CCSc2ccccc2)OC)c1. The number of aliphatic hydroxyl groups is 1. The highest BCUT2D eigenvalue weighted by molar-refractivity contribution is 7.99. The van der Waals surface area contributed by atoms with E-state index in [0.717, 1.165) is 27.5 Å². The van der Waals surface area contributed by atoms with Crippen molar-refractivity contribution in [3.8, 4) is 5.75 Å². The predicted octanol–water partition coefficient (Wildman–Crippen LogP) is 4.07. The molecule has 3 N–H and O–H groups in total. The molecule has 3 rings (SSSR count). The fourth-order valence-electron chi connectivity index (χ4n) is 3.87. The molecule has 192 valence electrons. The van der Waals surface area contributed by atoms with Gasteiger partial charge in [-0.05, 0) is 48.2 Å². The van der Waals surface area contributed by atoms with Crippen LogP contribution in [0.2, 0.25) is 0 Å². The average Bonchev–Trinajstić information content (AvgIpc) is 2.92. The maximum Gasteiger partial charge on any atom is 0.249 e. The Morgan fingerprint density at radius 3 is 2.33 bits per heavy atom. The largest absolute Gasteiger partial charge is 0.497 e. The van der Waals surface area contributed by atoms with Gasteiger partial charge in [-0.3, -0.25) is 4.79 Å². The van der Waals surface area contributed by atoms with Gasteiger partial charge in [0.1, 0.15) is 11.9 Å². The highest BCUT2D eigenvalue weighted by atomic mass is 32.2. The van der Waals surface area contributed by atoms with Crippen LogP contribution in [0, 0.1) is 0 Å². The Kier molecular flexibility index (Phi) is 11.8. The number of amides is 1. The number of hydrogen-bond acceptors (Lipinski definition) is 6. The summed E-state index contributed by atoms with van der Waals surface area (Å²) < 4.78 is 10.8. The number of hydrogen-bond donors (Lipinski definition) is 3. The first-order chi connectivity index (χ1) is 17.6. The van der Waals surface area contributed by atoms with E-state index in [1.165, 1.54) is 0 Å². The molecule has 0 aliphatic rings. The second-order valence-electron chi connectivity index (χ2n) is 8.53. The van der Waals surface area contributed by atoms with Gasteiger partial charge in [0.25, 0.3) is 0 Å². The standard InChI is InChI=1S/C29H36N2O4S/c1-34-24-13-9-12-23(18-24)20-30-21-27(32)26(19-22-10-5-3-6-11-22)31-29(33)28(35-2)16-17-36-25-14-7-4-8-15-25/h3-15,18,26-28,30,32H,16-17,19-21H2,1-2H3,(H,31,33)/t26-,27+,28?/m0/s1. The van der Waals surface area contributed by atoms with Gasteiger partial charge in [-0.1, -0.05) is 60.7 Å². The topological polar surface area (TPSA) is 79.8 Å². The zero-order chi connectivity index (χ0) is 25.6. The lowest BCUT2D eigenvalue weighted by atomic mass is 10.0. The first kappa shape index (κ1) is 27.7. The summed E-state index contributed by atoms with van der Waals surface area (Å²) in [5.74, 6) is 1.34. The molecule has 3 aromatic rings. The van der Waals surface area contributed by atoms with E-state index in [4.69, 9.17) is 9.47 Å². The van der Waals surface area contributed by atoms with Crippen LogP contribution in [0.5, 0.6) is 5.75 Å². The number of benzene rings is 3. The molecule has 0 saturated heterocycles. The maximum absolute atomic E-state index is 13.1. The predicted molar refractivity (Wildman–Crippen MR) is 145 cm³/mol. The van der Waals surface area contributed by atoms with Crippen LogP contribution in [0.3, 0.4) is 0 Å². The molecule has 7 heteroatoms. The minimum Gasteiger partial charge on any atom is -0.497 e. The van der Waals surface area contributed by atoms with Crippen molar-refractivity contribution in [1.29, 1.82) is 0 Å². The van der Waals surface area contributed by atoms with E-state index >= 15 is 0 Å². The third-order valence-corrected chi connectivity index (χ3v) is 6.92. The zero-order valence-electron chi connectivity index (χ0n) is 20.9. The number of ether oxygens (including phenoxy) is 2. The van der Waals surface area contributed by atoms with Crippen molar-refractivity contribution in [2.45, 2.75) is 42.5 Å².